The summed E-state index contributed by atoms with van der Waals surface area (Å²) in [5, 5.41) is 14.0. The zero-order valence-electron chi connectivity index (χ0n) is 12.7. The summed E-state index contributed by atoms with van der Waals surface area (Å²) in [7, 11) is 0. The number of hydrogen-bond acceptors (Lipinski definition) is 3. The smallest absolute Gasteiger partial charge is 0.194 e. The molecule has 1 aliphatic rings. The van der Waals surface area contributed by atoms with Crippen LogP contribution in [0.2, 0.25) is 0 Å². The van der Waals surface area contributed by atoms with Crippen LogP contribution in [0.1, 0.15) is 19.1 Å². The van der Waals surface area contributed by atoms with Gasteiger partial charge in [0.1, 0.15) is 17.9 Å². The number of fused-ring (bicyclic) bond motifs is 1. The molecule has 6 heteroatoms. The van der Waals surface area contributed by atoms with Gasteiger partial charge in [-0.15, -0.1) is 24.0 Å². The lowest BCUT2D eigenvalue weighted by Gasteiger charge is -2.20. The van der Waals surface area contributed by atoms with E-state index in [2.05, 4.69) is 15.2 Å². The Morgan fingerprint density at radius 2 is 2.27 bits per heavy atom. The molecule has 0 saturated carbocycles. The van der Waals surface area contributed by atoms with Crippen LogP contribution in [-0.2, 0) is 6.54 Å². The molecule has 0 amide bonds. The molecule has 0 bridgehead atoms. The number of benzene rings is 1. The lowest BCUT2D eigenvalue weighted by molar-refractivity contribution is 0.188. The Hall–Kier alpha value is -1.28. The number of rotatable bonds is 3. The second kappa shape index (κ2) is 7.82. The second-order valence-electron chi connectivity index (χ2n) is 5.31. The van der Waals surface area contributed by atoms with Crippen molar-refractivity contribution in [2.45, 2.75) is 26.0 Å². The van der Waals surface area contributed by atoms with E-state index in [1.807, 2.05) is 37.3 Å². The Bertz CT molecular complexity index is 608. The summed E-state index contributed by atoms with van der Waals surface area (Å²) in [5.74, 6) is 1.70. The molecule has 120 valence electrons. The summed E-state index contributed by atoms with van der Waals surface area (Å²) < 4.78 is 5.78. The summed E-state index contributed by atoms with van der Waals surface area (Å²) in [6, 6.07) is 10.00. The molecule has 2 heterocycles. The highest BCUT2D eigenvalue weighted by Crippen LogP contribution is 2.19. The van der Waals surface area contributed by atoms with Crippen LogP contribution in [0.15, 0.2) is 39.7 Å². The first kappa shape index (κ1) is 17.1. The number of furan rings is 1. The number of para-hydroxylation sites is 1. The molecule has 0 spiro atoms. The van der Waals surface area contributed by atoms with Gasteiger partial charge in [-0.2, -0.15) is 0 Å². The Kier molecular flexibility index (Phi) is 6.07. The first-order valence-electron chi connectivity index (χ1n) is 7.45. The van der Waals surface area contributed by atoms with Crippen molar-refractivity contribution < 1.29 is 9.52 Å². The van der Waals surface area contributed by atoms with E-state index in [-0.39, 0.29) is 30.1 Å². The van der Waals surface area contributed by atoms with Crippen LogP contribution in [0.4, 0.5) is 0 Å². The minimum Gasteiger partial charge on any atom is -0.459 e. The Morgan fingerprint density at radius 3 is 2.95 bits per heavy atom. The molecule has 0 unspecified atom stereocenters. The molecule has 1 fully saturated rings. The number of aliphatic imine (C=N–C) groups is 1. The van der Waals surface area contributed by atoms with Crippen molar-refractivity contribution in [2.75, 3.05) is 19.6 Å². The van der Waals surface area contributed by atoms with E-state index in [1.54, 1.807) is 0 Å². The first-order valence-corrected chi connectivity index (χ1v) is 7.45. The molecule has 2 aromatic rings. The molecule has 2 N–H and O–H groups in total. The largest absolute Gasteiger partial charge is 0.459 e. The van der Waals surface area contributed by atoms with Crippen LogP contribution in [0, 0.1) is 0 Å². The normalized spacial score (nSPS) is 18.5. The van der Waals surface area contributed by atoms with Gasteiger partial charge in [-0.3, -0.25) is 0 Å². The predicted octanol–water partition coefficient (Wildman–Crippen LogP) is 2.58. The average Bonchev–Trinajstić information content (AvgIpc) is 3.09. The maximum atomic E-state index is 9.65. The van der Waals surface area contributed by atoms with E-state index >= 15 is 0 Å². The average molecular weight is 415 g/mol. The zero-order chi connectivity index (χ0) is 14.7. The summed E-state index contributed by atoms with van der Waals surface area (Å²) in [6.45, 7) is 4.84. The summed E-state index contributed by atoms with van der Waals surface area (Å²) in [5.41, 5.74) is 0.893. The number of hydrogen-bond donors (Lipinski definition) is 2. The van der Waals surface area contributed by atoms with E-state index in [0.717, 1.165) is 42.2 Å². The number of guanidine groups is 1. The van der Waals surface area contributed by atoms with Gasteiger partial charge in [-0.25, -0.2) is 4.99 Å². The fraction of sp³-hybridized carbons (Fsp3) is 0.438. The van der Waals surface area contributed by atoms with E-state index in [4.69, 9.17) is 4.42 Å². The number of halogens is 1. The van der Waals surface area contributed by atoms with Gasteiger partial charge < -0.3 is 19.7 Å². The highest BCUT2D eigenvalue weighted by molar-refractivity contribution is 14.0. The van der Waals surface area contributed by atoms with Crippen molar-refractivity contribution >= 4 is 40.9 Å². The first-order chi connectivity index (χ1) is 10.3. The number of likely N-dealkylation sites (tertiary alicyclic amines) is 1. The molecule has 5 nitrogen and oxygen atoms in total. The van der Waals surface area contributed by atoms with Crippen LogP contribution >= 0.6 is 24.0 Å². The summed E-state index contributed by atoms with van der Waals surface area (Å²) in [6.07, 6.45) is 0.551. The highest BCUT2D eigenvalue weighted by Gasteiger charge is 2.22. The van der Waals surface area contributed by atoms with Crippen LogP contribution in [0.3, 0.4) is 0 Å². The van der Waals surface area contributed by atoms with Gasteiger partial charge in [0.25, 0.3) is 0 Å². The number of nitrogens with one attached hydrogen (secondary N) is 1. The predicted molar refractivity (Wildman–Crippen MR) is 98.6 cm³/mol. The molecular weight excluding hydrogens is 393 g/mol. The quantitative estimate of drug-likeness (QED) is 0.460. The summed E-state index contributed by atoms with van der Waals surface area (Å²) >= 11 is 0. The van der Waals surface area contributed by atoms with E-state index in [9.17, 15) is 5.11 Å². The number of aliphatic hydroxyl groups is 1. The third-order valence-corrected chi connectivity index (χ3v) is 3.66. The van der Waals surface area contributed by atoms with Crippen LogP contribution < -0.4 is 5.32 Å². The van der Waals surface area contributed by atoms with Crippen molar-refractivity contribution in [2.24, 2.45) is 4.99 Å². The van der Waals surface area contributed by atoms with Crippen molar-refractivity contribution in [3.63, 3.8) is 0 Å². The number of nitrogens with zero attached hydrogens (tertiary/aromatic N) is 2. The zero-order valence-corrected chi connectivity index (χ0v) is 15.0. The second-order valence-corrected chi connectivity index (χ2v) is 5.31. The minimum atomic E-state index is -0.250. The maximum Gasteiger partial charge on any atom is 0.194 e. The van der Waals surface area contributed by atoms with Crippen molar-refractivity contribution in [1.82, 2.24) is 10.2 Å². The fourth-order valence-electron chi connectivity index (χ4n) is 2.63. The molecule has 22 heavy (non-hydrogen) atoms. The van der Waals surface area contributed by atoms with Gasteiger partial charge in [-0.1, -0.05) is 18.2 Å². The molecule has 1 atom stereocenters. The Morgan fingerprint density at radius 1 is 1.45 bits per heavy atom. The lowest BCUT2D eigenvalue weighted by atomic mass is 10.2. The standard InChI is InChI=1S/C16H21N3O2.HI/c1-2-17-16(19-8-7-13(20)11-19)18-10-14-9-12-5-3-4-6-15(12)21-14;/h3-6,9,13,20H,2,7-8,10-11H2,1H3,(H,17,18);1H/t13-;/m1./s1. The third-order valence-electron chi connectivity index (χ3n) is 3.66. The molecule has 1 saturated heterocycles. The van der Waals surface area contributed by atoms with Gasteiger partial charge in [0.2, 0.25) is 0 Å². The van der Waals surface area contributed by atoms with Gasteiger partial charge >= 0.3 is 0 Å². The van der Waals surface area contributed by atoms with Crippen molar-refractivity contribution in [1.29, 1.82) is 0 Å². The molecule has 3 rings (SSSR count). The van der Waals surface area contributed by atoms with E-state index in [1.165, 1.54) is 0 Å². The fourth-order valence-corrected chi connectivity index (χ4v) is 2.63. The van der Waals surface area contributed by atoms with Crippen LogP contribution in [-0.4, -0.2) is 41.7 Å². The third kappa shape index (κ3) is 3.92. The molecule has 1 aliphatic heterocycles. The summed E-state index contributed by atoms with van der Waals surface area (Å²) in [4.78, 5) is 6.72. The monoisotopic (exact) mass is 415 g/mol. The molecular formula is C16H22IN3O2. The molecule has 1 aromatic carbocycles. The van der Waals surface area contributed by atoms with Gasteiger partial charge in [-0.05, 0) is 25.5 Å². The van der Waals surface area contributed by atoms with E-state index < -0.39 is 0 Å². The van der Waals surface area contributed by atoms with Crippen molar-refractivity contribution in [3.8, 4) is 0 Å². The topological polar surface area (TPSA) is 61.0 Å². The molecule has 0 aliphatic carbocycles. The SMILES string of the molecule is CCNC(=NCc1cc2ccccc2o1)N1CC[C@@H](O)C1.I. The van der Waals surface area contributed by atoms with Crippen LogP contribution in [0.25, 0.3) is 11.0 Å². The van der Waals surface area contributed by atoms with Gasteiger partial charge in [0.05, 0.1) is 6.10 Å². The van der Waals surface area contributed by atoms with Gasteiger partial charge in [0.15, 0.2) is 5.96 Å². The maximum absolute atomic E-state index is 9.65. The molecule has 1 aromatic heterocycles. The van der Waals surface area contributed by atoms with E-state index in [0.29, 0.717) is 13.1 Å². The number of β-amino-alcohol motifs (C(OH)–C–C–N with tert-alkyl or cyclic N) is 1. The van der Waals surface area contributed by atoms with Gasteiger partial charge in [0, 0.05) is 25.0 Å². The lowest BCUT2D eigenvalue weighted by Crippen LogP contribution is -2.40. The van der Waals surface area contributed by atoms with Crippen LogP contribution in [0.5, 0.6) is 0 Å². The Labute approximate surface area is 147 Å². The Balaban J connectivity index is 0.00000176. The highest BCUT2D eigenvalue weighted by atomic mass is 127. The van der Waals surface area contributed by atoms with Crippen molar-refractivity contribution in [3.05, 3.63) is 36.1 Å². The number of aliphatic hydroxyl groups excluding tert-OH is 1. The molecule has 0 radical (unpaired) electrons. The minimum absolute atomic E-state index is 0.